The van der Waals surface area contributed by atoms with Crippen LogP contribution < -0.4 is 20.1 Å². The molecular weight excluding hydrogens is 510 g/mol. The van der Waals surface area contributed by atoms with Crippen LogP contribution >= 0.6 is 11.6 Å². The number of carbonyl (C=O) groups excluding carboxylic acids is 4. The zero-order valence-corrected chi connectivity index (χ0v) is 22.1. The van der Waals surface area contributed by atoms with E-state index in [0.29, 0.717) is 24.1 Å². The van der Waals surface area contributed by atoms with E-state index in [1.165, 1.54) is 12.1 Å². The molecule has 2 aliphatic rings. The summed E-state index contributed by atoms with van der Waals surface area (Å²) in [5, 5.41) is 5.16. The summed E-state index contributed by atoms with van der Waals surface area (Å²) in [5.41, 5.74) is 1.95. The Hall–Kier alpha value is -3.85. The van der Waals surface area contributed by atoms with Crippen molar-refractivity contribution in [3.63, 3.8) is 0 Å². The summed E-state index contributed by atoms with van der Waals surface area (Å²) in [6, 6.07) is 9.50. The second-order valence-corrected chi connectivity index (χ2v) is 9.66. The fourth-order valence-corrected chi connectivity index (χ4v) is 4.83. The van der Waals surface area contributed by atoms with Crippen molar-refractivity contribution in [1.29, 1.82) is 0 Å². The van der Waals surface area contributed by atoms with Crippen molar-refractivity contribution in [3.8, 4) is 11.5 Å². The molecule has 2 aromatic carbocycles. The number of benzene rings is 2. The Morgan fingerprint density at radius 1 is 1.11 bits per heavy atom. The molecule has 0 atom stereocenters. The first kappa shape index (κ1) is 27.2. The number of aryl methyl sites for hydroxylation is 1. The van der Waals surface area contributed by atoms with Crippen LogP contribution in [0.15, 0.2) is 42.0 Å². The van der Waals surface area contributed by atoms with Gasteiger partial charge < -0.3 is 14.8 Å². The number of halogens is 1. The van der Waals surface area contributed by atoms with Crippen molar-refractivity contribution in [3.05, 3.63) is 58.1 Å². The van der Waals surface area contributed by atoms with Crippen LogP contribution in [-0.4, -0.2) is 47.9 Å². The fourth-order valence-electron chi connectivity index (χ4n) is 4.55. The highest BCUT2D eigenvalue weighted by molar-refractivity contribution is 6.33. The zero-order chi connectivity index (χ0) is 27.2. The average Bonchev–Trinajstić information content (AvgIpc) is 2.88. The highest BCUT2D eigenvalue weighted by Gasteiger charge is 2.40. The Kier molecular flexibility index (Phi) is 8.68. The number of hydrogen-bond donors (Lipinski definition) is 2. The zero-order valence-electron chi connectivity index (χ0n) is 21.3. The molecule has 0 spiro atoms. The minimum Gasteiger partial charge on any atom is -0.490 e. The van der Waals surface area contributed by atoms with Crippen molar-refractivity contribution in [2.24, 2.45) is 0 Å². The van der Waals surface area contributed by atoms with Crippen LogP contribution in [0.5, 0.6) is 11.5 Å². The van der Waals surface area contributed by atoms with Gasteiger partial charge in [0.2, 0.25) is 0 Å². The Bertz CT molecular complexity index is 1270. The lowest BCUT2D eigenvalue weighted by Gasteiger charge is -2.35. The van der Waals surface area contributed by atoms with Gasteiger partial charge in [-0.15, -0.1) is 0 Å². The van der Waals surface area contributed by atoms with Gasteiger partial charge in [0.05, 0.1) is 11.6 Å². The van der Waals surface area contributed by atoms with Crippen LogP contribution in [0.3, 0.4) is 0 Å². The summed E-state index contributed by atoms with van der Waals surface area (Å²) in [6.07, 6.45) is 5.71. The van der Waals surface area contributed by atoms with Crippen LogP contribution in [0, 0.1) is 6.92 Å². The number of urea groups is 1. The monoisotopic (exact) mass is 539 g/mol. The molecule has 10 heteroatoms. The van der Waals surface area contributed by atoms with E-state index < -0.39 is 17.8 Å². The maximum absolute atomic E-state index is 13.2. The maximum atomic E-state index is 13.2. The second kappa shape index (κ2) is 12.1. The molecule has 2 N–H and O–H groups in total. The minimum absolute atomic E-state index is 0.134. The lowest BCUT2D eigenvalue weighted by Crippen LogP contribution is -2.58. The standard InChI is InChI=1S/C28H30ClN3O6/c1-3-37-23-15-18(13-21-26(34)31-28(36)32(27(21)35)20-7-5-4-6-8-20)14-22(29)25(23)38-16-24(33)30-19-11-9-17(2)10-12-19/h9-15,20H,3-8,16H2,1-2H3,(H,30,33)(H,31,34,36). The average molecular weight is 540 g/mol. The van der Waals surface area contributed by atoms with Crippen LogP contribution in [-0.2, 0) is 14.4 Å². The number of anilines is 1. The molecule has 0 unspecified atom stereocenters. The lowest BCUT2D eigenvalue weighted by atomic mass is 9.93. The van der Waals surface area contributed by atoms with Gasteiger partial charge in [-0.05, 0) is 62.6 Å². The SMILES string of the molecule is CCOc1cc(C=C2C(=O)NC(=O)N(C3CCCCC3)C2=O)cc(Cl)c1OCC(=O)Nc1ccc(C)cc1. The third-order valence-corrected chi connectivity index (χ3v) is 6.68. The van der Waals surface area contributed by atoms with Crippen molar-refractivity contribution in [2.45, 2.75) is 52.0 Å². The number of rotatable bonds is 8. The van der Waals surface area contributed by atoms with E-state index in [0.717, 1.165) is 29.7 Å². The molecule has 38 heavy (non-hydrogen) atoms. The van der Waals surface area contributed by atoms with Gasteiger partial charge in [-0.1, -0.05) is 48.6 Å². The number of amides is 5. The number of imide groups is 2. The first-order valence-electron chi connectivity index (χ1n) is 12.6. The van der Waals surface area contributed by atoms with Gasteiger partial charge in [0.15, 0.2) is 18.1 Å². The van der Waals surface area contributed by atoms with Gasteiger partial charge in [-0.3, -0.25) is 24.6 Å². The Balaban J connectivity index is 1.53. The molecule has 2 fully saturated rings. The van der Waals surface area contributed by atoms with Gasteiger partial charge in [0, 0.05) is 11.7 Å². The first-order valence-corrected chi connectivity index (χ1v) is 13.0. The van der Waals surface area contributed by atoms with Gasteiger partial charge in [0.1, 0.15) is 5.57 Å². The smallest absolute Gasteiger partial charge is 0.331 e. The predicted octanol–water partition coefficient (Wildman–Crippen LogP) is 4.86. The largest absolute Gasteiger partial charge is 0.490 e. The van der Waals surface area contributed by atoms with E-state index in [2.05, 4.69) is 10.6 Å². The van der Waals surface area contributed by atoms with Crippen molar-refractivity contribution < 1.29 is 28.7 Å². The Morgan fingerprint density at radius 2 is 1.82 bits per heavy atom. The minimum atomic E-state index is -0.769. The van der Waals surface area contributed by atoms with Crippen LogP contribution in [0.1, 0.15) is 50.2 Å². The number of hydrogen-bond acceptors (Lipinski definition) is 6. The van der Waals surface area contributed by atoms with E-state index in [9.17, 15) is 19.2 Å². The van der Waals surface area contributed by atoms with E-state index in [1.54, 1.807) is 25.1 Å². The van der Waals surface area contributed by atoms with Crippen molar-refractivity contribution in [2.75, 3.05) is 18.5 Å². The molecular formula is C28H30ClN3O6. The number of barbiturate groups is 1. The molecule has 1 aliphatic heterocycles. The highest BCUT2D eigenvalue weighted by atomic mass is 35.5. The topological polar surface area (TPSA) is 114 Å². The molecule has 1 saturated heterocycles. The van der Waals surface area contributed by atoms with Crippen LogP contribution in [0.2, 0.25) is 5.02 Å². The van der Waals surface area contributed by atoms with Crippen LogP contribution in [0.25, 0.3) is 6.08 Å². The first-order chi connectivity index (χ1) is 18.3. The Labute approximate surface area is 226 Å². The van der Waals surface area contributed by atoms with E-state index in [4.69, 9.17) is 21.1 Å². The van der Waals surface area contributed by atoms with Crippen molar-refractivity contribution >= 4 is 47.1 Å². The molecule has 1 aliphatic carbocycles. The summed E-state index contributed by atoms with van der Waals surface area (Å²) >= 11 is 6.48. The van der Waals surface area contributed by atoms with Gasteiger partial charge in [0.25, 0.3) is 17.7 Å². The fraction of sp³-hybridized carbons (Fsp3) is 0.357. The summed E-state index contributed by atoms with van der Waals surface area (Å²) in [5.74, 6) is -1.37. The van der Waals surface area contributed by atoms with Crippen molar-refractivity contribution in [1.82, 2.24) is 10.2 Å². The molecule has 9 nitrogen and oxygen atoms in total. The lowest BCUT2D eigenvalue weighted by molar-refractivity contribution is -0.132. The quantitative estimate of drug-likeness (QED) is 0.366. The van der Waals surface area contributed by atoms with E-state index in [-0.39, 0.29) is 47.3 Å². The molecule has 2 aromatic rings. The second-order valence-electron chi connectivity index (χ2n) is 9.25. The van der Waals surface area contributed by atoms with Gasteiger partial charge >= 0.3 is 6.03 Å². The molecule has 0 bridgehead atoms. The highest BCUT2D eigenvalue weighted by Crippen LogP contribution is 2.38. The normalized spacial score (nSPS) is 17.4. The van der Waals surface area contributed by atoms with Gasteiger partial charge in [-0.2, -0.15) is 0 Å². The third kappa shape index (κ3) is 6.34. The molecule has 1 saturated carbocycles. The molecule has 5 amide bonds. The molecule has 200 valence electrons. The summed E-state index contributed by atoms with van der Waals surface area (Å²) < 4.78 is 11.4. The summed E-state index contributed by atoms with van der Waals surface area (Å²) in [4.78, 5) is 51.8. The number of nitrogens with zero attached hydrogens (tertiary/aromatic N) is 1. The molecule has 0 radical (unpaired) electrons. The predicted molar refractivity (Wildman–Crippen MR) is 143 cm³/mol. The number of ether oxygens (including phenoxy) is 2. The van der Waals surface area contributed by atoms with Crippen LogP contribution in [0.4, 0.5) is 10.5 Å². The Morgan fingerprint density at radius 3 is 2.50 bits per heavy atom. The molecule has 4 rings (SSSR count). The molecule has 1 heterocycles. The maximum Gasteiger partial charge on any atom is 0.331 e. The summed E-state index contributed by atoms with van der Waals surface area (Å²) in [7, 11) is 0. The van der Waals surface area contributed by atoms with Gasteiger partial charge in [-0.25, -0.2) is 4.79 Å². The van der Waals surface area contributed by atoms with E-state index in [1.807, 2.05) is 19.1 Å². The third-order valence-electron chi connectivity index (χ3n) is 6.40. The number of nitrogens with one attached hydrogen (secondary N) is 2. The van der Waals surface area contributed by atoms with E-state index >= 15 is 0 Å². The summed E-state index contributed by atoms with van der Waals surface area (Å²) in [6.45, 7) is 3.70. The number of carbonyl (C=O) groups is 4. The molecule has 0 aromatic heterocycles.